The lowest BCUT2D eigenvalue weighted by Crippen LogP contribution is -2.13. The Kier molecular flexibility index (Phi) is 1.65. The zero-order valence-corrected chi connectivity index (χ0v) is 6.90. The van der Waals surface area contributed by atoms with Crippen LogP contribution in [-0.2, 0) is 17.6 Å². The Hall–Kier alpha value is -1.65. The predicted molar refractivity (Wildman–Crippen MR) is 45.0 cm³/mol. The first kappa shape index (κ1) is 7.97. The smallest absolute Gasteiger partial charge is 0.307 e. The van der Waals surface area contributed by atoms with Gasteiger partial charge in [-0.15, -0.1) is 0 Å². The van der Waals surface area contributed by atoms with Crippen LogP contribution in [0.15, 0.2) is 6.20 Å². The molecule has 1 aliphatic rings. The van der Waals surface area contributed by atoms with E-state index in [1.807, 2.05) is 0 Å². The second-order valence-corrected chi connectivity index (χ2v) is 3.14. The molecule has 5 nitrogen and oxygen atoms in total. The molecule has 0 radical (unpaired) electrons. The molecule has 1 aromatic rings. The van der Waals surface area contributed by atoms with Gasteiger partial charge in [-0.05, 0) is 12.0 Å². The molecule has 0 aliphatic heterocycles. The van der Waals surface area contributed by atoms with Crippen LogP contribution in [0.3, 0.4) is 0 Å². The minimum atomic E-state index is -0.781. The third-order valence-electron chi connectivity index (χ3n) is 2.23. The molecule has 68 valence electrons. The van der Waals surface area contributed by atoms with Crippen molar-refractivity contribution < 1.29 is 9.90 Å². The summed E-state index contributed by atoms with van der Waals surface area (Å²) in [5.74, 6) is -0.924. The van der Waals surface area contributed by atoms with Gasteiger partial charge in [-0.3, -0.25) is 4.79 Å². The number of carboxylic acids is 1. The highest BCUT2D eigenvalue weighted by atomic mass is 16.4. The van der Waals surface area contributed by atoms with E-state index in [0.29, 0.717) is 12.8 Å². The SMILES string of the molecule is Nc1ncc2c(n1)CC(C(=O)O)C2. The van der Waals surface area contributed by atoms with Gasteiger partial charge in [-0.25, -0.2) is 9.97 Å². The summed E-state index contributed by atoms with van der Waals surface area (Å²) >= 11 is 0. The minimum absolute atomic E-state index is 0.213. The molecule has 0 aromatic carbocycles. The number of carbonyl (C=O) groups is 1. The van der Waals surface area contributed by atoms with E-state index in [1.165, 1.54) is 0 Å². The number of hydrogen-bond acceptors (Lipinski definition) is 4. The fourth-order valence-electron chi connectivity index (χ4n) is 1.55. The maximum Gasteiger partial charge on any atom is 0.307 e. The van der Waals surface area contributed by atoms with Crippen molar-refractivity contribution in [3.8, 4) is 0 Å². The summed E-state index contributed by atoms with van der Waals surface area (Å²) in [5.41, 5.74) is 7.06. The normalized spacial score (nSPS) is 19.8. The van der Waals surface area contributed by atoms with Gasteiger partial charge in [0.2, 0.25) is 5.95 Å². The van der Waals surface area contributed by atoms with Crippen molar-refractivity contribution in [1.82, 2.24) is 9.97 Å². The van der Waals surface area contributed by atoms with E-state index in [9.17, 15) is 4.79 Å². The first-order valence-electron chi connectivity index (χ1n) is 4.00. The van der Waals surface area contributed by atoms with Crippen LogP contribution in [0.4, 0.5) is 5.95 Å². The van der Waals surface area contributed by atoms with Crippen LogP contribution >= 0.6 is 0 Å². The molecule has 0 saturated heterocycles. The Bertz CT molecular complexity index is 364. The van der Waals surface area contributed by atoms with Crippen molar-refractivity contribution >= 4 is 11.9 Å². The van der Waals surface area contributed by atoms with E-state index >= 15 is 0 Å². The van der Waals surface area contributed by atoms with Gasteiger partial charge in [0, 0.05) is 12.6 Å². The molecule has 2 rings (SSSR count). The molecule has 3 N–H and O–H groups in total. The van der Waals surface area contributed by atoms with Gasteiger partial charge < -0.3 is 10.8 Å². The van der Waals surface area contributed by atoms with Gasteiger partial charge in [0.1, 0.15) is 0 Å². The van der Waals surface area contributed by atoms with Gasteiger partial charge >= 0.3 is 5.97 Å². The standard InChI is InChI=1S/C8H9N3O2/c9-8-10-3-5-1-4(7(12)13)2-6(5)11-8/h3-4H,1-2H2,(H,12,13)(H2,9,10,11). The highest BCUT2D eigenvalue weighted by molar-refractivity contribution is 5.72. The van der Waals surface area contributed by atoms with Crippen LogP contribution in [0.25, 0.3) is 0 Å². The highest BCUT2D eigenvalue weighted by Gasteiger charge is 2.28. The second kappa shape index (κ2) is 2.69. The van der Waals surface area contributed by atoms with E-state index in [4.69, 9.17) is 10.8 Å². The lowest BCUT2D eigenvalue weighted by atomic mass is 10.1. The fraction of sp³-hybridized carbons (Fsp3) is 0.375. The Morgan fingerprint density at radius 3 is 3.08 bits per heavy atom. The average molecular weight is 179 g/mol. The van der Waals surface area contributed by atoms with E-state index in [1.54, 1.807) is 6.20 Å². The number of hydrogen-bond donors (Lipinski definition) is 2. The molecule has 0 fully saturated rings. The van der Waals surface area contributed by atoms with E-state index in [0.717, 1.165) is 11.3 Å². The van der Waals surface area contributed by atoms with Crippen molar-refractivity contribution in [2.45, 2.75) is 12.8 Å². The van der Waals surface area contributed by atoms with Gasteiger partial charge in [0.15, 0.2) is 0 Å². The zero-order valence-electron chi connectivity index (χ0n) is 6.90. The molecular formula is C8H9N3O2. The van der Waals surface area contributed by atoms with Gasteiger partial charge in [0.05, 0.1) is 11.6 Å². The fourth-order valence-corrected chi connectivity index (χ4v) is 1.55. The second-order valence-electron chi connectivity index (χ2n) is 3.14. The van der Waals surface area contributed by atoms with Crippen LogP contribution in [0.5, 0.6) is 0 Å². The summed E-state index contributed by atoms with van der Waals surface area (Å²) in [6, 6.07) is 0. The Labute approximate surface area is 74.6 Å². The molecule has 5 heteroatoms. The number of nitrogens with zero attached hydrogens (tertiary/aromatic N) is 2. The summed E-state index contributed by atoms with van der Waals surface area (Å²) in [7, 11) is 0. The molecule has 1 aromatic heterocycles. The molecule has 1 atom stereocenters. The molecule has 13 heavy (non-hydrogen) atoms. The first-order valence-corrected chi connectivity index (χ1v) is 4.00. The molecule has 0 bridgehead atoms. The molecule has 0 spiro atoms. The molecule has 0 saturated carbocycles. The van der Waals surface area contributed by atoms with Crippen LogP contribution in [0.1, 0.15) is 11.3 Å². The number of aliphatic carboxylic acids is 1. The third kappa shape index (κ3) is 1.32. The van der Waals surface area contributed by atoms with Crippen molar-refractivity contribution in [3.05, 3.63) is 17.5 Å². The van der Waals surface area contributed by atoms with Crippen LogP contribution in [-0.4, -0.2) is 21.0 Å². The number of aromatic nitrogens is 2. The van der Waals surface area contributed by atoms with E-state index in [-0.39, 0.29) is 11.9 Å². The first-order chi connectivity index (χ1) is 6.16. The van der Waals surface area contributed by atoms with Crippen LogP contribution < -0.4 is 5.73 Å². The topological polar surface area (TPSA) is 89.1 Å². The average Bonchev–Trinajstić information content (AvgIpc) is 2.46. The van der Waals surface area contributed by atoms with Crippen molar-refractivity contribution in [2.24, 2.45) is 5.92 Å². The third-order valence-corrected chi connectivity index (χ3v) is 2.23. The summed E-state index contributed by atoms with van der Waals surface area (Å²) in [6.45, 7) is 0. The van der Waals surface area contributed by atoms with Gasteiger partial charge in [-0.1, -0.05) is 0 Å². The lowest BCUT2D eigenvalue weighted by molar-refractivity contribution is -0.141. The lowest BCUT2D eigenvalue weighted by Gasteiger charge is -1.98. The Morgan fingerprint density at radius 1 is 1.62 bits per heavy atom. The highest BCUT2D eigenvalue weighted by Crippen LogP contribution is 2.24. The maximum absolute atomic E-state index is 10.7. The summed E-state index contributed by atoms with van der Waals surface area (Å²) in [4.78, 5) is 18.5. The van der Waals surface area contributed by atoms with Crippen molar-refractivity contribution in [3.63, 3.8) is 0 Å². The Balaban J connectivity index is 2.30. The van der Waals surface area contributed by atoms with Crippen LogP contribution in [0.2, 0.25) is 0 Å². The summed E-state index contributed by atoms with van der Waals surface area (Å²) < 4.78 is 0. The molecule has 1 aliphatic carbocycles. The molecule has 1 heterocycles. The van der Waals surface area contributed by atoms with E-state index in [2.05, 4.69) is 9.97 Å². The monoisotopic (exact) mass is 179 g/mol. The summed E-state index contributed by atoms with van der Waals surface area (Å²) in [5, 5.41) is 8.78. The maximum atomic E-state index is 10.7. The summed E-state index contributed by atoms with van der Waals surface area (Å²) in [6.07, 6.45) is 2.60. The van der Waals surface area contributed by atoms with Crippen molar-refractivity contribution in [2.75, 3.05) is 5.73 Å². The quantitative estimate of drug-likeness (QED) is 0.626. The number of rotatable bonds is 1. The molecular weight excluding hydrogens is 170 g/mol. The molecule has 1 unspecified atom stereocenters. The minimum Gasteiger partial charge on any atom is -0.481 e. The molecule has 0 amide bonds. The van der Waals surface area contributed by atoms with Crippen molar-refractivity contribution in [1.29, 1.82) is 0 Å². The predicted octanol–water partition coefficient (Wildman–Crippen LogP) is -0.142. The van der Waals surface area contributed by atoms with Gasteiger partial charge in [-0.2, -0.15) is 0 Å². The number of anilines is 1. The zero-order chi connectivity index (χ0) is 9.42. The number of nitrogen functional groups attached to an aromatic ring is 1. The number of nitrogens with two attached hydrogens (primary N) is 1. The van der Waals surface area contributed by atoms with Gasteiger partial charge in [0.25, 0.3) is 0 Å². The number of carboxylic acid groups (broad SMARTS) is 1. The largest absolute Gasteiger partial charge is 0.481 e. The van der Waals surface area contributed by atoms with E-state index < -0.39 is 5.97 Å². The van der Waals surface area contributed by atoms with Crippen LogP contribution in [0, 0.1) is 5.92 Å². The number of fused-ring (bicyclic) bond motifs is 1. The Morgan fingerprint density at radius 2 is 2.38 bits per heavy atom.